The Hall–Kier alpha value is -9.16. The molecule has 16 heteroatoms. The number of aliphatic hydroxyl groups is 4. The molecule has 0 saturated carbocycles. The summed E-state index contributed by atoms with van der Waals surface area (Å²) in [5, 5.41) is 41.4. The van der Waals surface area contributed by atoms with Gasteiger partial charge in [-0.3, -0.25) is 39.1 Å². The van der Waals surface area contributed by atoms with Gasteiger partial charge in [-0.15, -0.1) is 140 Å². The molecule has 4 aromatic heterocycles. The van der Waals surface area contributed by atoms with Gasteiger partial charge in [-0.25, -0.2) is 0 Å². The number of rotatable bonds is 24. The summed E-state index contributed by atoms with van der Waals surface area (Å²) in [7, 11) is 0. The molecule has 0 spiro atoms. The third kappa shape index (κ3) is 42.6. The molecule has 0 unspecified atom stereocenters. The fourth-order valence-electron chi connectivity index (χ4n) is 14.4. The minimum atomic E-state index is -0.125. The molecule has 4 heterocycles. The Bertz CT molecular complexity index is 5250. The molecule has 12 nitrogen and oxygen atoms in total. The van der Waals surface area contributed by atoms with Crippen molar-refractivity contribution >= 4 is 66.7 Å². The molecular weight excluding hydrogens is 2370 g/mol. The van der Waals surface area contributed by atoms with E-state index in [1.165, 1.54) is 104 Å². The number of carbonyl (C=O) groups excluding carboxylic acids is 4. The van der Waals surface area contributed by atoms with Crippen molar-refractivity contribution in [3.05, 3.63) is 308 Å². The summed E-state index contributed by atoms with van der Waals surface area (Å²) in [6, 6.07) is 73.9. The van der Waals surface area contributed by atoms with E-state index in [-0.39, 0.29) is 150 Å². The van der Waals surface area contributed by atoms with Gasteiger partial charge in [0.15, 0.2) is 23.1 Å². The van der Waals surface area contributed by atoms with Gasteiger partial charge in [0.25, 0.3) is 0 Å². The molecule has 0 aliphatic heterocycles. The largest absolute Gasteiger partial charge is 0.512 e. The topological polar surface area (TPSA) is 201 Å². The van der Waals surface area contributed by atoms with Crippen molar-refractivity contribution in [2.24, 2.45) is 35.5 Å². The van der Waals surface area contributed by atoms with E-state index in [1.807, 2.05) is 83.1 Å². The van der Waals surface area contributed by atoms with Gasteiger partial charge in [-0.1, -0.05) is 291 Å². The summed E-state index contributed by atoms with van der Waals surface area (Å²) in [5.41, 5.74) is 27.5. The van der Waals surface area contributed by atoms with E-state index >= 15 is 0 Å². The van der Waals surface area contributed by atoms with Crippen molar-refractivity contribution < 1.29 is 120 Å². The molecule has 0 atom stereocenters. The smallest absolute Gasteiger partial charge is 0.162 e. The number of hydrogen-bond donors (Lipinski definition) is 4. The fourth-order valence-corrected chi connectivity index (χ4v) is 14.4. The van der Waals surface area contributed by atoms with Crippen LogP contribution >= 0.6 is 0 Å². The second-order valence-corrected chi connectivity index (χ2v) is 37.2. The van der Waals surface area contributed by atoms with Gasteiger partial charge >= 0.3 is 0 Å². The maximum absolute atomic E-state index is 11.7. The van der Waals surface area contributed by atoms with Gasteiger partial charge in [0, 0.05) is 141 Å². The van der Waals surface area contributed by atoms with Crippen molar-refractivity contribution in [2.45, 2.75) is 270 Å². The molecular formula is C118H148Ir4N4O8-4. The molecule has 0 bridgehead atoms. The minimum absolute atomic E-state index is 0. The van der Waals surface area contributed by atoms with Crippen LogP contribution in [0.3, 0.4) is 0 Å². The van der Waals surface area contributed by atoms with E-state index in [2.05, 4.69) is 305 Å². The monoisotopic (exact) mass is 2520 g/mol. The van der Waals surface area contributed by atoms with Crippen molar-refractivity contribution in [3.63, 3.8) is 0 Å². The Morgan fingerprint density at radius 3 is 0.784 bits per heavy atom. The van der Waals surface area contributed by atoms with Gasteiger partial charge in [-0.2, -0.15) is 0 Å². The average molecular weight is 2520 g/mol. The number of pyridine rings is 4. The van der Waals surface area contributed by atoms with Crippen LogP contribution in [0.15, 0.2) is 217 Å². The molecule has 0 aliphatic carbocycles. The summed E-state index contributed by atoms with van der Waals surface area (Å²) in [4.78, 5) is 63.3. The van der Waals surface area contributed by atoms with E-state index in [4.69, 9.17) is 25.0 Å². The first-order valence-corrected chi connectivity index (χ1v) is 46.6. The number of allylic oxidation sites excluding steroid dienone is 8. The molecule has 134 heavy (non-hydrogen) atoms. The predicted molar refractivity (Wildman–Crippen MR) is 549 cm³/mol. The fraction of sp³-hybridized carbons (Fsp3) is 0.390. The number of benzene rings is 8. The first kappa shape index (κ1) is 123. The normalized spacial score (nSPS) is 11.3. The van der Waals surface area contributed by atoms with Crippen LogP contribution in [0.4, 0.5) is 0 Å². The second-order valence-electron chi connectivity index (χ2n) is 37.2. The molecule has 0 aliphatic rings. The number of hydrogen-bond acceptors (Lipinski definition) is 12. The summed E-state index contributed by atoms with van der Waals surface area (Å²) in [6.45, 7) is 60.7. The Labute approximate surface area is 858 Å². The van der Waals surface area contributed by atoms with E-state index < -0.39 is 0 Å². The molecule has 0 saturated heterocycles. The summed E-state index contributed by atoms with van der Waals surface area (Å²) >= 11 is 0. The number of fused-ring (bicyclic) bond motifs is 4. The standard InChI is InChI=1S/4C20H20N.C13H24O2.C11H20O2.C9H16O2.C5H8O2.4Ir/c4*1-13(2)17-6-5-16-7-8-19(21-20(16)12-17)18-10-14(3)9-15(4)11-18;1-5-10(6-2)12(14)9-13(15)11(7-3)8-4;1-8(2)5-10(12)7-11(13)6-9(3)4;1-6(2)8(10)5-9(11)7(3)4;1-4(6)3-5(2)7;;;;/h4*5-10,12-13H,1-4H3;9-11,14H,5-8H2,1-4H3;7-9,12H,5-6H2,1-4H3;5-7,10H,1-4H3;3,6H,1-2H3;;;;/q4*-1;;;;;;;;. The molecule has 12 rings (SSSR count). The summed E-state index contributed by atoms with van der Waals surface area (Å²) in [6.07, 6.45) is 9.85. The minimum Gasteiger partial charge on any atom is -0.512 e. The summed E-state index contributed by atoms with van der Waals surface area (Å²) in [5.74, 6) is 3.71. The number of carbonyl (C=O) groups is 4. The second kappa shape index (κ2) is 61.1. The van der Waals surface area contributed by atoms with E-state index in [9.17, 15) is 34.5 Å². The van der Waals surface area contributed by atoms with E-state index in [0.717, 1.165) is 115 Å². The van der Waals surface area contributed by atoms with Crippen LogP contribution in [0.25, 0.3) is 88.6 Å². The van der Waals surface area contributed by atoms with Crippen LogP contribution in [-0.4, -0.2) is 63.5 Å². The van der Waals surface area contributed by atoms with Gasteiger partial charge in [0.05, 0.1) is 45.1 Å². The van der Waals surface area contributed by atoms with Crippen LogP contribution < -0.4 is 0 Å². The third-order valence-electron chi connectivity index (χ3n) is 21.7. The quantitative estimate of drug-likeness (QED) is 0.0254. The van der Waals surface area contributed by atoms with Crippen molar-refractivity contribution in [2.75, 3.05) is 0 Å². The maximum atomic E-state index is 11.7. The van der Waals surface area contributed by atoms with Crippen LogP contribution in [0.2, 0.25) is 0 Å². The Morgan fingerprint density at radius 1 is 0.313 bits per heavy atom. The Kier molecular flexibility index (Phi) is 56.0. The Balaban J connectivity index is 0.000000777. The maximum Gasteiger partial charge on any atom is 0.162 e. The van der Waals surface area contributed by atoms with Gasteiger partial charge in [0.2, 0.25) is 0 Å². The Morgan fingerprint density at radius 2 is 0.575 bits per heavy atom. The van der Waals surface area contributed by atoms with E-state index in [0.29, 0.717) is 48.3 Å². The van der Waals surface area contributed by atoms with Crippen LogP contribution in [0.5, 0.6) is 0 Å². The molecule has 728 valence electrons. The van der Waals surface area contributed by atoms with Crippen molar-refractivity contribution in [1.29, 1.82) is 0 Å². The number of aliphatic hydroxyl groups excluding tert-OH is 4. The molecule has 4 radical (unpaired) electrons. The van der Waals surface area contributed by atoms with Crippen LogP contribution in [0.1, 0.15) is 281 Å². The number of ketones is 4. The van der Waals surface area contributed by atoms with Crippen molar-refractivity contribution in [3.8, 4) is 45.0 Å². The molecule has 0 amide bonds. The number of nitrogens with zero attached hydrogens (tertiary/aromatic N) is 4. The van der Waals surface area contributed by atoms with Crippen molar-refractivity contribution in [1.82, 2.24) is 19.9 Å². The van der Waals surface area contributed by atoms with E-state index in [1.54, 1.807) is 0 Å². The van der Waals surface area contributed by atoms with Gasteiger partial charge in [-0.05, 0) is 166 Å². The zero-order chi connectivity index (χ0) is 97.1. The number of aromatic nitrogens is 4. The SMILES string of the molecule is CC(=O)C=C(C)O.CC(C)C(=O)C=C(O)C(C)C.CC(C)CC(=O)C=C(O)CC(C)C.CCC(CC)C(=O)C=C(O)C(CC)CC.Cc1[c-]c(-c2ccc3ccc(C(C)C)cc3n2)cc(C)c1.Cc1[c-]c(-c2ccc3ccc(C(C)C)cc3n2)cc(C)c1.Cc1[c-]c(-c2ccc3ccc(C(C)C)cc3n2)cc(C)c1.Cc1[c-]c(-c2ccc3ccc(C(C)C)cc3n2)cc(C)c1.[Ir].[Ir].[Ir].[Ir]. The zero-order valence-corrected chi connectivity index (χ0v) is 94.6. The molecule has 0 fully saturated rings. The van der Waals surface area contributed by atoms with Crippen LogP contribution in [-0.2, 0) is 99.6 Å². The first-order chi connectivity index (χ1) is 61.2. The molecule has 12 aromatic rings. The molecule has 4 N–H and O–H groups in total. The average Bonchev–Trinajstić information content (AvgIpc) is 0.816. The molecule has 8 aromatic carbocycles. The third-order valence-corrected chi connectivity index (χ3v) is 21.7. The summed E-state index contributed by atoms with van der Waals surface area (Å²) < 4.78 is 0. The van der Waals surface area contributed by atoms with Gasteiger partial charge < -0.3 is 20.4 Å². The van der Waals surface area contributed by atoms with Gasteiger partial charge in [0.1, 0.15) is 0 Å². The predicted octanol–water partition coefficient (Wildman–Crippen LogP) is 32.1. The zero-order valence-electron chi connectivity index (χ0n) is 85.0. The number of aryl methyl sites for hydroxylation is 8. The first-order valence-electron chi connectivity index (χ1n) is 46.6. The van der Waals surface area contributed by atoms with Crippen LogP contribution in [0, 0.1) is 115 Å².